The second kappa shape index (κ2) is 6.18. The van der Waals surface area contributed by atoms with Crippen molar-refractivity contribution in [2.24, 2.45) is 0 Å². The van der Waals surface area contributed by atoms with E-state index in [4.69, 9.17) is 4.74 Å². The molecule has 1 aromatic rings. The Balaban J connectivity index is 3.03. The van der Waals surface area contributed by atoms with Gasteiger partial charge in [0.1, 0.15) is 0 Å². The summed E-state index contributed by atoms with van der Waals surface area (Å²) in [6, 6.07) is 4.50. The Bertz CT molecular complexity index is 395. The Kier molecular flexibility index (Phi) is 4.87. The monoisotopic (exact) mass is 240 g/mol. The van der Waals surface area contributed by atoms with Crippen molar-refractivity contribution in [3.8, 4) is 5.75 Å². The van der Waals surface area contributed by atoms with Crippen molar-refractivity contribution in [3.63, 3.8) is 0 Å². The zero-order valence-electron chi connectivity index (χ0n) is 9.90. The maximum atomic E-state index is 12.5. The Morgan fingerprint density at radius 3 is 2.76 bits per heavy atom. The first-order valence-electron chi connectivity index (χ1n) is 5.40. The Morgan fingerprint density at radius 1 is 1.53 bits per heavy atom. The molecule has 0 bridgehead atoms. The van der Waals surface area contributed by atoms with Crippen LogP contribution in [0.15, 0.2) is 18.2 Å². The van der Waals surface area contributed by atoms with E-state index in [0.717, 1.165) is 6.42 Å². The van der Waals surface area contributed by atoms with Crippen LogP contribution in [0, 0.1) is 16.0 Å². The highest BCUT2D eigenvalue weighted by Gasteiger charge is 2.18. The van der Waals surface area contributed by atoms with Gasteiger partial charge < -0.3 is 4.74 Å². The van der Waals surface area contributed by atoms with Gasteiger partial charge in [0.2, 0.25) is 0 Å². The molecular formula is C12H15FNO3. The Hall–Kier alpha value is -1.65. The molecule has 17 heavy (non-hydrogen) atoms. The minimum absolute atomic E-state index is 0.122. The fourth-order valence-corrected chi connectivity index (χ4v) is 1.34. The van der Waals surface area contributed by atoms with Crippen LogP contribution in [0.2, 0.25) is 0 Å². The topological polar surface area (TPSA) is 52.4 Å². The molecule has 0 saturated carbocycles. The number of rotatable bonds is 6. The van der Waals surface area contributed by atoms with Crippen molar-refractivity contribution in [3.05, 3.63) is 39.8 Å². The summed E-state index contributed by atoms with van der Waals surface area (Å²) in [5.74, 6) is 0.697. The van der Waals surface area contributed by atoms with Gasteiger partial charge in [-0.1, -0.05) is 19.9 Å². The third-order valence-electron chi connectivity index (χ3n) is 2.31. The average Bonchev–Trinajstić information content (AvgIpc) is 2.35. The molecule has 0 fully saturated rings. The van der Waals surface area contributed by atoms with Gasteiger partial charge in [-0.2, -0.15) is 0 Å². The smallest absolute Gasteiger partial charge is 0.311 e. The number of nitro groups is 1. The molecular weight excluding hydrogens is 225 g/mol. The second-order valence-electron chi connectivity index (χ2n) is 3.70. The van der Waals surface area contributed by atoms with Gasteiger partial charge in [-0.15, -0.1) is 0 Å². The predicted octanol–water partition coefficient (Wildman–Crippen LogP) is 3.30. The fourth-order valence-electron chi connectivity index (χ4n) is 1.34. The van der Waals surface area contributed by atoms with Crippen LogP contribution in [0.3, 0.4) is 0 Å². The van der Waals surface area contributed by atoms with E-state index in [1.165, 1.54) is 12.1 Å². The molecule has 0 amide bonds. The lowest BCUT2D eigenvalue weighted by Gasteiger charge is -2.09. The lowest BCUT2D eigenvalue weighted by atomic mass is 10.0. The molecule has 0 aliphatic heterocycles. The summed E-state index contributed by atoms with van der Waals surface area (Å²) in [5, 5.41) is 10.9. The van der Waals surface area contributed by atoms with E-state index in [0.29, 0.717) is 18.1 Å². The van der Waals surface area contributed by atoms with Crippen molar-refractivity contribution in [2.45, 2.75) is 20.3 Å². The standard InChI is InChI=1S/C12H15FNO3/c1-3-6-17-12-5-4-10(9(2)8-13)7-11(12)14(15)16/h4-5,7H,3,6,8H2,1-2H3. The highest BCUT2D eigenvalue weighted by atomic mass is 19.1. The third-order valence-corrected chi connectivity index (χ3v) is 2.31. The number of hydrogen-bond donors (Lipinski definition) is 0. The first-order chi connectivity index (χ1) is 8.10. The average molecular weight is 240 g/mol. The van der Waals surface area contributed by atoms with Crippen LogP contribution in [0.1, 0.15) is 25.8 Å². The van der Waals surface area contributed by atoms with E-state index in [1.54, 1.807) is 13.0 Å². The number of halogens is 1. The molecule has 0 aliphatic carbocycles. The summed E-state index contributed by atoms with van der Waals surface area (Å²) in [7, 11) is 0. The van der Waals surface area contributed by atoms with E-state index in [1.807, 2.05) is 6.92 Å². The Morgan fingerprint density at radius 2 is 2.24 bits per heavy atom. The lowest BCUT2D eigenvalue weighted by Crippen LogP contribution is -2.02. The molecule has 1 rings (SSSR count). The lowest BCUT2D eigenvalue weighted by molar-refractivity contribution is -0.385. The molecule has 0 saturated heterocycles. The number of alkyl halides is 1. The third kappa shape index (κ3) is 3.41. The normalized spacial score (nSPS) is 10.6. The number of nitrogens with zero attached hydrogens (tertiary/aromatic N) is 1. The van der Waals surface area contributed by atoms with E-state index < -0.39 is 11.6 Å². The fraction of sp³-hybridized carbons (Fsp3) is 0.417. The van der Waals surface area contributed by atoms with Crippen LogP contribution in [-0.4, -0.2) is 18.2 Å². The second-order valence-corrected chi connectivity index (χ2v) is 3.70. The van der Waals surface area contributed by atoms with Gasteiger partial charge in [-0.05, 0) is 18.1 Å². The minimum Gasteiger partial charge on any atom is -0.487 e. The molecule has 4 nitrogen and oxygen atoms in total. The summed E-state index contributed by atoms with van der Waals surface area (Å²) in [5.41, 5.74) is 0.409. The Labute approximate surface area is 99.6 Å². The number of benzene rings is 1. The van der Waals surface area contributed by atoms with Crippen LogP contribution in [-0.2, 0) is 0 Å². The summed E-state index contributed by atoms with van der Waals surface area (Å²) >= 11 is 0. The molecule has 93 valence electrons. The molecule has 1 radical (unpaired) electrons. The summed E-state index contributed by atoms with van der Waals surface area (Å²) in [6.45, 7) is 3.32. The SMILES string of the molecule is CCCOc1ccc([C](C)CF)cc1[N+](=O)[O-]. The van der Waals surface area contributed by atoms with Gasteiger partial charge in [0, 0.05) is 12.0 Å². The maximum absolute atomic E-state index is 12.5. The minimum atomic E-state index is -0.619. The van der Waals surface area contributed by atoms with Crippen molar-refractivity contribution in [1.29, 1.82) is 0 Å². The summed E-state index contributed by atoms with van der Waals surface area (Å²) in [6.07, 6.45) is 0.772. The van der Waals surface area contributed by atoms with Crippen LogP contribution < -0.4 is 4.74 Å². The van der Waals surface area contributed by atoms with Gasteiger partial charge >= 0.3 is 5.69 Å². The summed E-state index contributed by atoms with van der Waals surface area (Å²) in [4.78, 5) is 10.4. The van der Waals surface area contributed by atoms with Gasteiger partial charge in [0.15, 0.2) is 5.75 Å². The maximum Gasteiger partial charge on any atom is 0.311 e. The molecule has 5 heteroatoms. The highest BCUT2D eigenvalue weighted by molar-refractivity contribution is 5.51. The van der Waals surface area contributed by atoms with Gasteiger partial charge in [-0.25, -0.2) is 0 Å². The summed E-state index contributed by atoms with van der Waals surface area (Å²) < 4.78 is 17.7. The zero-order valence-corrected chi connectivity index (χ0v) is 9.90. The number of nitro benzene ring substituents is 1. The first kappa shape index (κ1) is 13.4. The number of hydrogen-bond acceptors (Lipinski definition) is 3. The first-order valence-corrected chi connectivity index (χ1v) is 5.40. The van der Waals surface area contributed by atoms with Gasteiger partial charge in [0.25, 0.3) is 0 Å². The van der Waals surface area contributed by atoms with Crippen molar-refractivity contribution < 1.29 is 14.1 Å². The van der Waals surface area contributed by atoms with Crippen molar-refractivity contribution in [2.75, 3.05) is 13.3 Å². The van der Waals surface area contributed by atoms with Crippen molar-refractivity contribution in [1.82, 2.24) is 0 Å². The van der Waals surface area contributed by atoms with E-state index in [9.17, 15) is 14.5 Å². The van der Waals surface area contributed by atoms with Crippen LogP contribution in [0.5, 0.6) is 5.75 Å². The quantitative estimate of drug-likeness (QED) is 0.566. The number of ether oxygens (including phenoxy) is 1. The highest BCUT2D eigenvalue weighted by Crippen LogP contribution is 2.30. The molecule has 0 heterocycles. The van der Waals surface area contributed by atoms with Gasteiger partial charge in [0.05, 0.1) is 18.2 Å². The van der Waals surface area contributed by atoms with Crippen LogP contribution >= 0.6 is 0 Å². The molecule has 0 aliphatic rings. The largest absolute Gasteiger partial charge is 0.487 e. The molecule has 0 atom stereocenters. The molecule has 0 spiro atoms. The van der Waals surface area contributed by atoms with E-state index in [-0.39, 0.29) is 11.4 Å². The van der Waals surface area contributed by atoms with Crippen LogP contribution in [0.25, 0.3) is 0 Å². The molecule has 0 N–H and O–H groups in total. The van der Waals surface area contributed by atoms with E-state index >= 15 is 0 Å². The predicted molar refractivity (Wildman–Crippen MR) is 62.9 cm³/mol. The molecule has 0 unspecified atom stereocenters. The zero-order chi connectivity index (χ0) is 12.8. The van der Waals surface area contributed by atoms with Gasteiger partial charge in [-0.3, -0.25) is 14.5 Å². The van der Waals surface area contributed by atoms with Crippen molar-refractivity contribution >= 4 is 5.69 Å². The van der Waals surface area contributed by atoms with Crippen LogP contribution in [0.4, 0.5) is 10.1 Å². The van der Waals surface area contributed by atoms with E-state index in [2.05, 4.69) is 0 Å². The molecule has 0 aromatic heterocycles. The molecule has 1 aromatic carbocycles.